The van der Waals surface area contributed by atoms with E-state index < -0.39 is 10.0 Å². The molecule has 150 valence electrons. The summed E-state index contributed by atoms with van der Waals surface area (Å²) >= 11 is 1.57. The topological polar surface area (TPSA) is 70.6 Å². The molecule has 8 heteroatoms. The number of amides is 1. The van der Waals surface area contributed by atoms with Crippen molar-refractivity contribution in [2.45, 2.75) is 36.6 Å². The highest BCUT2D eigenvalue weighted by Crippen LogP contribution is 2.39. The Morgan fingerprint density at radius 1 is 1.00 bits per heavy atom. The van der Waals surface area contributed by atoms with E-state index in [0.29, 0.717) is 19.5 Å². The van der Waals surface area contributed by atoms with Crippen molar-refractivity contribution >= 4 is 43.2 Å². The zero-order valence-electron chi connectivity index (χ0n) is 15.8. The number of thiazole rings is 1. The van der Waals surface area contributed by atoms with Crippen molar-refractivity contribution in [3.63, 3.8) is 0 Å². The van der Waals surface area contributed by atoms with Crippen LogP contribution in [0.4, 0.5) is 5.69 Å². The zero-order chi connectivity index (χ0) is 20.0. The molecule has 0 radical (unpaired) electrons. The Bertz CT molecular complexity index is 1140. The predicted molar refractivity (Wildman–Crippen MR) is 114 cm³/mol. The molecule has 0 aliphatic carbocycles. The lowest BCUT2D eigenvalue weighted by Crippen LogP contribution is -2.30. The highest BCUT2D eigenvalue weighted by molar-refractivity contribution is 7.89. The van der Waals surface area contributed by atoms with Crippen molar-refractivity contribution in [2.24, 2.45) is 0 Å². The Hall–Kier alpha value is -2.29. The molecule has 2 aromatic carbocycles. The summed E-state index contributed by atoms with van der Waals surface area (Å²) in [6.07, 6.45) is 2.99. The number of anilines is 1. The minimum atomic E-state index is -3.63. The van der Waals surface area contributed by atoms with E-state index in [1.807, 2.05) is 24.3 Å². The second-order valence-electron chi connectivity index (χ2n) is 7.44. The van der Waals surface area contributed by atoms with E-state index in [1.54, 1.807) is 44.8 Å². The molecule has 6 nitrogen and oxygen atoms in total. The Kier molecular flexibility index (Phi) is 4.64. The zero-order valence-corrected chi connectivity index (χ0v) is 17.5. The molecule has 2 aliphatic rings. The van der Waals surface area contributed by atoms with Crippen molar-refractivity contribution in [1.82, 2.24) is 9.29 Å². The van der Waals surface area contributed by atoms with Gasteiger partial charge in [-0.15, -0.1) is 11.3 Å². The molecular formula is C21H21N3O3S2. The maximum Gasteiger partial charge on any atom is 0.243 e. The SMILES string of the molecule is O=C1CCCN1c1ccc(S(=O)(=O)N2CCC[C@@H]2c2nc3ccccc3s2)cc1. The minimum Gasteiger partial charge on any atom is -0.312 e. The van der Waals surface area contributed by atoms with Crippen molar-refractivity contribution in [2.75, 3.05) is 18.0 Å². The normalized spacial score (nSPS) is 20.8. The van der Waals surface area contributed by atoms with Crippen LogP contribution in [0.5, 0.6) is 0 Å². The van der Waals surface area contributed by atoms with Crippen molar-refractivity contribution in [3.05, 3.63) is 53.5 Å². The first-order valence-electron chi connectivity index (χ1n) is 9.82. The maximum atomic E-state index is 13.4. The molecule has 5 rings (SSSR count). The third-order valence-electron chi connectivity index (χ3n) is 5.63. The lowest BCUT2D eigenvalue weighted by Gasteiger charge is -2.23. The Labute approximate surface area is 173 Å². The van der Waals surface area contributed by atoms with Gasteiger partial charge >= 0.3 is 0 Å². The summed E-state index contributed by atoms with van der Waals surface area (Å²) in [5.74, 6) is 0.0936. The molecule has 29 heavy (non-hydrogen) atoms. The molecule has 3 heterocycles. The molecule has 2 fully saturated rings. The van der Waals surface area contributed by atoms with E-state index in [0.717, 1.165) is 40.2 Å². The fourth-order valence-corrected chi connectivity index (χ4v) is 7.00. The first kappa shape index (κ1) is 18.7. The quantitative estimate of drug-likeness (QED) is 0.632. The number of aromatic nitrogens is 1. The largest absolute Gasteiger partial charge is 0.312 e. The van der Waals surface area contributed by atoms with Crippen LogP contribution in [0.3, 0.4) is 0 Å². The van der Waals surface area contributed by atoms with Gasteiger partial charge in [0, 0.05) is 25.2 Å². The summed E-state index contributed by atoms with van der Waals surface area (Å²) in [4.78, 5) is 18.6. The van der Waals surface area contributed by atoms with Gasteiger partial charge in [0.25, 0.3) is 0 Å². The number of rotatable bonds is 4. The average Bonchev–Trinajstić information content (AvgIpc) is 3.46. The average molecular weight is 428 g/mol. The number of hydrogen-bond acceptors (Lipinski definition) is 5. The van der Waals surface area contributed by atoms with E-state index in [9.17, 15) is 13.2 Å². The predicted octanol–water partition coefficient (Wildman–Crippen LogP) is 3.95. The highest BCUT2D eigenvalue weighted by Gasteiger charge is 2.38. The number of fused-ring (bicyclic) bond motifs is 1. The molecule has 1 amide bonds. The molecule has 3 aromatic rings. The lowest BCUT2D eigenvalue weighted by atomic mass is 10.2. The molecular weight excluding hydrogens is 406 g/mol. The second kappa shape index (κ2) is 7.19. The summed E-state index contributed by atoms with van der Waals surface area (Å²) in [6.45, 7) is 1.19. The number of hydrogen-bond donors (Lipinski definition) is 0. The van der Waals surface area contributed by atoms with Gasteiger partial charge in [0.05, 0.1) is 21.2 Å². The number of carbonyl (C=O) groups excluding carboxylic acids is 1. The molecule has 0 saturated carbocycles. The smallest absolute Gasteiger partial charge is 0.243 e. The lowest BCUT2D eigenvalue weighted by molar-refractivity contribution is -0.117. The van der Waals surface area contributed by atoms with Crippen LogP contribution >= 0.6 is 11.3 Å². The van der Waals surface area contributed by atoms with Crippen LogP contribution < -0.4 is 4.90 Å². The molecule has 0 bridgehead atoms. The molecule has 2 aliphatic heterocycles. The van der Waals surface area contributed by atoms with E-state index in [-0.39, 0.29) is 16.8 Å². The van der Waals surface area contributed by atoms with Gasteiger partial charge < -0.3 is 4.90 Å². The Morgan fingerprint density at radius 2 is 1.79 bits per heavy atom. The second-order valence-corrected chi connectivity index (χ2v) is 10.4. The van der Waals surface area contributed by atoms with Gasteiger partial charge in [-0.2, -0.15) is 4.31 Å². The molecule has 0 unspecified atom stereocenters. The monoisotopic (exact) mass is 427 g/mol. The summed E-state index contributed by atoms with van der Waals surface area (Å²) in [6, 6.07) is 14.4. The first-order valence-corrected chi connectivity index (χ1v) is 12.1. The Balaban J connectivity index is 1.44. The van der Waals surface area contributed by atoms with Gasteiger partial charge in [-0.05, 0) is 55.7 Å². The summed E-state index contributed by atoms with van der Waals surface area (Å²) in [5.41, 5.74) is 1.67. The molecule has 1 atom stereocenters. The van der Waals surface area contributed by atoms with Gasteiger partial charge in [-0.25, -0.2) is 13.4 Å². The van der Waals surface area contributed by atoms with Gasteiger partial charge in [0.1, 0.15) is 5.01 Å². The number of nitrogens with zero attached hydrogens (tertiary/aromatic N) is 3. The molecule has 0 spiro atoms. The number of para-hydroxylation sites is 1. The van der Waals surface area contributed by atoms with E-state index in [1.165, 1.54) is 0 Å². The van der Waals surface area contributed by atoms with Crippen LogP contribution in [-0.4, -0.2) is 36.7 Å². The van der Waals surface area contributed by atoms with Gasteiger partial charge in [-0.3, -0.25) is 4.79 Å². The highest BCUT2D eigenvalue weighted by atomic mass is 32.2. The summed E-state index contributed by atoms with van der Waals surface area (Å²) in [7, 11) is -3.63. The fraction of sp³-hybridized carbons (Fsp3) is 0.333. The van der Waals surface area contributed by atoms with Crippen LogP contribution in [-0.2, 0) is 14.8 Å². The number of carbonyl (C=O) groups is 1. The van der Waals surface area contributed by atoms with Crippen molar-refractivity contribution in [3.8, 4) is 0 Å². The van der Waals surface area contributed by atoms with Crippen molar-refractivity contribution < 1.29 is 13.2 Å². The standard InChI is InChI=1S/C21H21N3O3S2/c25-20-8-4-13-23(20)15-9-11-16(12-10-15)29(26,27)24-14-3-6-18(24)21-22-17-5-1-2-7-19(17)28-21/h1-2,5,7,9-12,18H,3-4,6,8,13-14H2/t18-/m1/s1. The molecule has 2 saturated heterocycles. The summed E-state index contributed by atoms with van der Waals surface area (Å²) < 4.78 is 29.4. The number of benzene rings is 2. The van der Waals surface area contributed by atoms with E-state index >= 15 is 0 Å². The van der Waals surface area contributed by atoms with Crippen LogP contribution in [0.25, 0.3) is 10.2 Å². The van der Waals surface area contributed by atoms with Crippen molar-refractivity contribution in [1.29, 1.82) is 0 Å². The number of sulfonamides is 1. The van der Waals surface area contributed by atoms with Gasteiger partial charge in [0.2, 0.25) is 15.9 Å². The summed E-state index contributed by atoms with van der Waals surface area (Å²) in [5, 5.41) is 0.853. The van der Waals surface area contributed by atoms with Crippen LogP contribution in [0.1, 0.15) is 36.7 Å². The van der Waals surface area contributed by atoms with Crippen LogP contribution in [0.2, 0.25) is 0 Å². The molecule has 1 aromatic heterocycles. The van der Waals surface area contributed by atoms with Crippen LogP contribution in [0.15, 0.2) is 53.4 Å². The minimum absolute atomic E-state index is 0.0936. The Morgan fingerprint density at radius 3 is 2.52 bits per heavy atom. The van der Waals surface area contributed by atoms with E-state index in [2.05, 4.69) is 0 Å². The third-order valence-corrected chi connectivity index (χ3v) is 8.69. The van der Waals surface area contributed by atoms with Gasteiger partial charge in [0.15, 0.2) is 0 Å². The third kappa shape index (κ3) is 3.25. The van der Waals surface area contributed by atoms with Gasteiger partial charge in [-0.1, -0.05) is 12.1 Å². The molecule has 0 N–H and O–H groups in total. The maximum absolute atomic E-state index is 13.4. The fourth-order valence-electron chi connectivity index (χ4n) is 4.16. The van der Waals surface area contributed by atoms with E-state index in [4.69, 9.17) is 4.98 Å². The first-order chi connectivity index (χ1) is 14.0. The van der Waals surface area contributed by atoms with Crippen LogP contribution in [0, 0.1) is 0 Å².